The minimum Gasteiger partial charge on any atom is -0.461 e. The van der Waals surface area contributed by atoms with Crippen molar-refractivity contribution in [2.75, 3.05) is 26.7 Å². The Hall–Kier alpha value is -4.80. The lowest BCUT2D eigenvalue weighted by atomic mass is 9.80. The Morgan fingerprint density at radius 2 is 1.71 bits per heavy atom. The lowest BCUT2D eigenvalue weighted by molar-refractivity contribution is -0.384. The Balaban J connectivity index is 0.00000625. The van der Waals surface area contributed by atoms with Crippen LogP contribution in [0, 0.1) is 10.1 Å². The van der Waals surface area contributed by atoms with Crippen molar-refractivity contribution in [1.82, 2.24) is 15.2 Å². The summed E-state index contributed by atoms with van der Waals surface area (Å²) in [6.07, 6.45) is 6.21. The van der Waals surface area contributed by atoms with E-state index in [2.05, 4.69) is 58.5 Å². The van der Waals surface area contributed by atoms with E-state index in [0.717, 1.165) is 17.6 Å². The number of halogens is 1. The fraction of sp³-hybridized carbons (Fsp3) is 0.324. The van der Waals surface area contributed by atoms with Crippen LogP contribution in [0.25, 0.3) is 6.08 Å². The molecule has 254 valence electrons. The maximum Gasteiger partial charge on any atom is 0.337 e. The van der Waals surface area contributed by atoms with E-state index in [9.17, 15) is 19.7 Å². The summed E-state index contributed by atoms with van der Waals surface area (Å²) >= 11 is 0. The number of nitro groups is 1. The third-order valence-corrected chi connectivity index (χ3v) is 7.71. The minimum absolute atomic E-state index is 0. The number of carbonyl (C=O) groups excluding carboxylic acids is 2. The molecule has 3 aromatic rings. The number of likely N-dealkylation sites (N-methyl/N-ethyl adjacent to an activating group) is 1. The standard InChI is InChI=1S/C37H42N4O6.ClH/c1-24(2)47-37(43)34-27(5)39-26(4)33(35(34)31-10-7-11-32(21-31)41(44)45)36(42)46-18-17-40(6)23-25(3)19-28-12-14-29(15-13-28)20-30-9-8-16-38-22-30;/h7-16,19,21-22,24,35,39H,17-18,20,23H2,1-6H3;1H. The van der Waals surface area contributed by atoms with Crippen molar-refractivity contribution in [3.63, 3.8) is 0 Å². The summed E-state index contributed by atoms with van der Waals surface area (Å²) in [4.78, 5) is 44.2. The van der Waals surface area contributed by atoms with Gasteiger partial charge in [0, 0.05) is 49.0 Å². The summed E-state index contributed by atoms with van der Waals surface area (Å²) in [6, 6.07) is 18.4. The molecule has 0 aliphatic carbocycles. The van der Waals surface area contributed by atoms with E-state index in [0.29, 0.717) is 30.0 Å². The summed E-state index contributed by atoms with van der Waals surface area (Å²) in [5.41, 5.74) is 6.33. The van der Waals surface area contributed by atoms with Crippen molar-refractivity contribution in [3.8, 4) is 0 Å². The van der Waals surface area contributed by atoms with E-state index in [-0.39, 0.29) is 35.8 Å². The van der Waals surface area contributed by atoms with Gasteiger partial charge in [-0.3, -0.25) is 20.0 Å². The van der Waals surface area contributed by atoms with E-state index in [1.807, 2.05) is 19.3 Å². The third-order valence-electron chi connectivity index (χ3n) is 7.71. The molecule has 2 aromatic carbocycles. The Bertz CT molecular complexity index is 1700. The molecule has 1 aliphatic rings. The number of nitrogens with one attached hydrogen (secondary N) is 1. The molecule has 0 bridgehead atoms. The highest BCUT2D eigenvalue weighted by atomic mass is 35.5. The SMILES string of the molecule is CC(=Cc1ccc(Cc2cccnc2)cc1)CN(C)CCOC(=O)C1=C(C)NC(C)=C(C(=O)OC(C)C)C1c1cccc([N+](=O)[O-])c1.Cl. The van der Waals surface area contributed by atoms with Crippen LogP contribution in [0.15, 0.2) is 101 Å². The molecule has 11 heteroatoms. The molecule has 0 radical (unpaired) electrons. The number of nitro benzene ring substituents is 1. The molecule has 0 saturated heterocycles. The molecule has 10 nitrogen and oxygen atoms in total. The third kappa shape index (κ3) is 10.1. The van der Waals surface area contributed by atoms with Crippen LogP contribution in [-0.4, -0.2) is 59.6 Å². The molecule has 4 rings (SSSR count). The molecule has 0 spiro atoms. The van der Waals surface area contributed by atoms with Crippen LogP contribution in [-0.2, 0) is 25.5 Å². The van der Waals surface area contributed by atoms with E-state index in [4.69, 9.17) is 9.47 Å². The summed E-state index contributed by atoms with van der Waals surface area (Å²) in [6.45, 7) is 10.2. The minimum atomic E-state index is -0.909. The number of hydrogen-bond donors (Lipinski definition) is 1. The monoisotopic (exact) mass is 674 g/mol. The maximum absolute atomic E-state index is 13.6. The van der Waals surface area contributed by atoms with Gasteiger partial charge in [0.25, 0.3) is 5.69 Å². The van der Waals surface area contributed by atoms with Gasteiger partial charge in [0.15, 0.2) is 0 Å². The van der Waals surface area contributed by atoms with Crippen molar-refractivity contribution in [3.05, 3.63) is 134 Å². The number of non-ortho nitro benzene ring substituents is 1. The van der Waals surface area contributed by atoms with Gasteiger partial charge >= 0.3 is 11.9 Å². The summed E-state index contributed by atoms with van der Waals surface area (Å²) in [5.74, 6) is -2.13. The molecule has 0 saturated carbocycles. The van der Waals surface area contributed by atoms with Crippen LogP contribution in [0.1, 0.15) is 62.8 Å². The first-order valence-electron chi connectivity index (χ1n) is 15.6. The highest BCUT2D eigenvalue weighted by Gasteiger charge is 2.38. The van der Waals surface area contributed by atoms with E-state index >= 15 is 0 Å². The van der Waals surface area contributed by atoms with Gasteiger partial charge in [-0.25, -0.2) is 9.59 Å². The van der Waals surface area contributed by atoms with Crippen LogP contribution in [0.3, 0.4) is 0 Å². The van der Waals surface area contributed by atoms with E-state index in [1.165, 1.54) is 29.3 Å². The van der Waals surface area contributed by atoms with Gasteiger partial charge in [-0.05, 0) is 76.4 Å². The molecule has 2 heterocycles. The number of nitrogens with zero attached hydrogens (tertiary/aromatic N) is 3. The lowest BCUT2D eigenvalue weighted by Crippen LogP contribution is -2.34. The summed E-state index contributed by atoms with van der Waals surface area (Å²) in [5, 5.41) is 14.7. The fourth-order valence-corrected chi connectivity index (χ4v) is 5.64. The Labute approximate surface area is 288 Å². The van der Waals surface area contributed by atoms with Crippen molar-refractivity contribution in [2.24, 2.45) is 0 Å². The van der Waals surface area contributed by atoms with Gasteiger partial charge < -0.3 is 14.8 Å². The molecule has 1 N–H and O–H groups in total. The van der Waals surface area contributed by atoms with Gasteiger partial charge in [-0.15, -0.1) is 12.4 Å². The number of pyridine rings is 1. The second kappa shape index (κ2) is 17.4. The number of benzene rings is 2. The van der Waals surface area contributed by atoms with Crippen LogP contribution in [0.2, 0.25) is 0 Å². The van der Waals surface area contributed by atoms with Gasteiger partial charge in [0.1, 0.15) is 6.61 Å². The van der Waals surface area contributed by atoms with Crippen molar-refractivity contribution in [1.29, 1.82) is 0 Å². The molecule has 48 heavy (non-hydrogen) atoms. The average Bonchev–Trinajstić information content (AvgIpc) is 3.01. The Morgan fingerprint density at radius 3 is 2.33 bits per heavy atom. The normalized spacial score (nSPS) is 14.8. The second-order valence-electron chi connectivity index (χ2n) is 12.1. The first-order chi connectivity index (χ1) is 22.4. The van der Waals surface area contributed by atoms with Crippen LogP contribution in [0.5, 0.6) is 0 Å². The summed E-state index contributed by atoms with van der Waals surface area (Å²) < 4.78 is 11.3. The van der Waals surface area contributed by atoms with Crippen molar-refractivity contribution in [2.45, 2.75) is 53.1 Å². The van der Waals surface area contributed by atoms with Crippen LogP contribution >= 0.6 is 12.4 Å². The Morgan fingerprint density at radius 1 is 1.02 bits per heavy atom. The largest absolute Gasteiger partial charge is 0.461 e. The smallest absolute Gasteiger partial charge is 0.337 e. The first kappa shape index (κ1) is 37.7. The van der Waals surface area contributed by atoms with Crippen LogP contribution in [0.4, 0.5) is 5.69 Å². The second-order valence-corrected chi connectivity index (χ2v) is 12.1. The van der Waals surface area contributed by atoms with Crippen LogP contribution < -0.4 is 5.32 Å². The molecule has 1 aromatic heterocycles. The first-order valence-corrected chi connectivity index (χ1v) is 15.6. The molecular weight excluding hydrogens is 632 g/mol. The fourth-order valence-electron chi connectivity index (χ4n) is 5.64. The molecule has 1 unspecified atom stereocenters. The number of hydrogen-bond acceptors (Lipinski definition) is 9. The zero-order chi connectivity index (χ0) is 34.1. The topological polar surface area (TPSA) is 124 Å². The maximum atomic E-state index is 13.6. The van der Waals surface area contributed by atoms with Gasteiger partial charge in [0.2, 0.25) is 0 Å². The number of dihydropyridines is 1. The van der Waals surface area contributed by atoms with Gasteiger partial charge in [-0.2, -0.15) is 0 Å². The summed E-state index contributed by atoms with van der Waals surface area (Å²) in [7, 11) is 1.95. The van der Waals surface area contributed by atoms with Gasteiger partial charge in [-0.1, -0.05) is 54.1 Å². The highest BCUT2D eigenvalue weighted by molar-refractivity contribution is 6.00. The highest BCUT2D eigenvalue weighted by Crippen LogP contribution is 2.40. The number of rotatable bonds is 13. The predicted octanol–water partition coefficient (Wildman–Crippen LogP) is 6.77. The number of aromatic nitrogens is 1. The van der Waals surface area contributed by atoms with Crippen molar-refractivity contribution >= 4 is 36.1 Å². The van der Waals surface area contributed by atoms with E-state index < -0.39 is 28.9 Å². The molecule has 1 aliphatic heterocycles. The quantitative estimate of drug-likeness (QED) is 0.119. The zero-order valence-corrected chi connectivity index (χ0v) is 29.0. The van der Waals surface area contributed by atoms with Crippen molar-refractivity contribution < 1.29 is 24.0 Å². The van der Waals surface area contributed by atoms with E-state index in [1.54, 1.807) is 40.0 Å². The molecule has 1 atom stereocenters. The number of allylic oxidation sites excluding steroid dienone is 2. The molecular formula is C37H43ClN4O6. The number of esters is 2. The predicted molar refractivity (Wildman–Crippen MR) is 188 cm³/mol. The molecule has 0 fully saturated rings. The zero-order valence-electron chi connectivity index (χ0n) is 28.2. The number of carbonyl (C=O) groups is 2. The molecule has 0 amide bonds. The number of ether oxygens (including phenoxy) is 2. The average molecular weight is 675 g/mol. The Kier molecular flexibility index (Phi) is 13.6. The van der Waals surface area contributed by atoms with Gasteiger partial charge in [0.05, 0.1) is 28.1 Å². The lowest BCUT2D eigenvalue weighted by Gasteiger charge is -2.31.